The maximum absolute atomic E-state index is 13.5. The average molecular weight is 1970 g/mol. The van der Waals surface area contributed by atoms with E-state index in [0.717, 1.165) is 44.2 Å². The predicted octanol–water partition coefficient (Wildman–Crippen LogP) is 4.87. The normalized spacial score (nSPS) is 13.3. The number of nitrogens with zero attached hydrogens (tertiary/aromatic N) is 15. The van der Waals surface area contributed by atoms with Crippen LogP contribution >= 0.6 is 74.4 Å². The number of anilines is 4. The van der Waals surface area contributed by atoms with Crippen LogP contribution in [0.2, 0.25) is 0 Å². The molecule has 11 rings (SSSR count). The van der Waals surface area contributed by atoms with Gasteiger partial charge in [-0.25, -0.2) is 111 Å². The monoisotopic (exact) mass is 1970 g/mol. The van der Waals surface area contributed by atoms with Gasteiger partial charge in [-0.3, -0.25) is 24.3 Å². The van der Waals surface area contributed by atoms with E-state index in [1.807, 2.05) is 0 Å². The van der Waals surface area contributed by atoms with Crippen LogP contribution in [0.5, 0.6) is 0 Å². The van der Waals surface area contributed by atoms with Crippen LogP contribution in [0.1, 0.15) is 50.3 Å². The van der Waals surface area contributed by atoms with E-state index >= 15 is 0 Å². The lowest BCUT2D eigenvalue weighted by Gasteiger charge is -2.18. The molecule has 0 unspecified atom stereocenters. The van der Waals surface area contributed by atoms with Crippen molar-refractivity contribution in [3.05, 3.63) is 151 Å². The van der Waals surface area contributed by atoms with E-state index in [4.69, 9.17) is 37.7 Å². The van der Waals surface area contributed by atoms with Crippen LogP contribution in [0.4, 0.5) is 51.3 Å². The fraction of sp³-hybridized carbons (Fsp3) is 0.273. The molecule has 4 aromatic carbocycles. The largest absolute Gasteiger partial charge is 0.446 e. The molecule has 0 radical (unpaired) electrons. The second kappa shape index (κ2) is 40.6. The molecule has 0 saturated carbocycles. The van der Waals surface area contributed by atoms with Crippen molar-refractivity contribution in [1.82, 2.24) is 85.3 Å². The number of rotatable bonds is 27. The van der Waals surface area contributed by atoms with E-state index in [9.17, 15) is 75.6 Å². The van der Waals surface area contributed by atoms with Crippen molar-refractivity contribution in [3.8, 4) is 51.6 Å². The SMILES string of the molecule is CC(C)(C)OC(=O)NS(=O)(=O)Cl.[2H]C([2H])(CCS(C)(=O)=O)Nc1nonc1-c1noc(=O)n1-c1ccc(F)c(Br)c1.[2H]C([2H])(CCS(N)(=O)=O)Nc1nonc1-c1noc(=O)n1-c1ccc(F)c(Br)c1.[2H]C([2H])(CN)Nc1nonc1-c1noc(=O)n1-c1ccc(F)c(Br)c1.[2H]C([2H])(CNS(N)(=O)=O)Nc1nonc1C(=Nc1ccc(F)c(Br)c1)NO. The van der Waals surface area contributed by atoms with Crippen LogP contribution < -0.4 is 69.5 Å². The van der Waals surface area contributed by atoms with Crippen molar-refractivity contribution in [2.75, 3.05) is 78.1 Å². The van der Waals surface area contributed by atoms with Gasteiger partial charge in [0, 0.05) is 61.5 Å². The number of benzene rings is 4. The van der Waals surface area contributed by atoms with E-state index in [1.54, 1.807) is 31.0 Å². The predicted molar refractivity (Wildman–Crippen MR) is 404 cm³/mol. The van der Waals surface area contributed by atoms with E-state index < -0.39 is 142 Å². The number of hydrogen-bond acceptors (Lipinski definition) is 38. The number of aromatic nitrogens is 14. The Morgan fingerprint density at radius 3 is 1.31 bits per heavy atom. The fourth-order valence-corrected chi connectivity index (χ4v) is 10.8. The van der Waals surface area contributed by atoms with Crippen molar-refractivity contribution in [3.63, 3.8) is 0 Å². The van der Waals surface area contributed by atoms with E-state index in [0.29, 0.717) is 0 Å². The number of carbonyl (C=O) groups excluding carboxylic acids is 1. The number of hydrogen-bond donors (Lipinski definition) is 11. The van der Waals surface area contributed by atoms with Gasteiger partial charge in [-0.15, -0.1) is 0 Å². The maximum atomic E-state index is 13.5. The van der Waals surface area contributed by atoms with Gasteiger partial charge in [0.2, 0.25) is 50.8 Å². The first-order valence-corrected chi connectivity index (χ1v) is 40.8. The number of aliphatic imine (C=N–C) groups is 1. The molecule has 0 fully saturated rings. The molecule has 0 atom stereocenters. The summed E-state index contributed by atoms with van der Waals surface area (Å²) >= 11 is 12.0. The van der Waals surface area contributed by atoms with Gasteiger partial charge in [-0.2, -0.15) is 16.8 Å². The summed E-state index contributed by atoms with van der Waals surface area (Å²) in [4.78, 5) is 50.9. The first-order chi connectivity index (χ1) is 56.4. The molecule has 0 saturated heterocycles. The van der Waals surface area contributed by atoms with Crippen LogP contribution in [0.25, 0.3) is 51.6 Å². The molecule has 0 bridgehead atoms. The number of amides is 1. The minimum Gasteiger partial charge on any atom is -0.443 e. The molecule has 59 heteroatoms. The van der Waals surface area contributed by atoms with Crippen LogP contribution in [0, 0.1) is 23.3 Å². The number of amidine groups is 1. The van der Waals surface area contributed by atoms with Crippen molar-refractivity contribution in [1.29, 1.82) is 0 Å². The first kappa shape index (κ1) is 79.0. The molecule has 46 nitrogen and oxygen atoms in total. The Hall–Kier alpha value is -10.3. The van der Waals surface area contributed by atoms with Crippen molar-refractivity contribution in [2.45, 2.75) is 39.2 Å². The maximum Gasteiger partial charge on any atom is 0.446 e. The molecule has 616 valence electrons. The summed E-state index contributed by atoms with van der Waals surface area (Å²) in [5.41, 5.74) is 6.48. The number of primary sulfonamides is 1. The van der Waals surface area contributed by atoms with E-state index in [2.05, 4.69) is 184 Å². The second-order valence-corrected chi connectivity index (χ2v) is 33.0. The highest BCUT2D eigenvalue weighted by Crippen LogP contribution is 2.31. The highest BCUT2D eigenvalue weighted by atomic mass is 79.9. The van der Waals surface area contributed by atoms with Crippen LogP contribution in [-0.4, -0.2) is 184 Å². The Balaban J connectivity index is 0.000000214. The summed E-state index contributed by atoms with van der Waals surface area (Å²) < 4.78 is 247. The van der Waals surface area contributed by atoms with E-state index in [-0.39, 0.29) is 123 Å². The lowest BCUT2D eigenvalue weighted by molar-refractivity contribution is 0.0571. The van der Waals surface area contributed by atoms with Crippen molar-refractivity contribution >= 4 is 155 Å². The fourth-order valence-electron chi connectivity index (χ4n) is 7.77. The summed E-state index contributed by atoms with van der Waals surface area (Å²) in [6, 6.07) is 15.0. The quantitative estimate of drug-likeness (QED) is 0.0108. The summed E-state index contributed by atoms with van der Waals surface area (Å²) in [6.07, 6.45) is -0.984. The van der Waals surface area contributed by atoms with Gasteiger partial charge in [-0.05, 0) is 211 Å². The van der Waals surface area contributed by atoms with Gasteiger partial charge in [-0.1, -0.05) is 15.5 Å². The van der Waals surface area contributed by atoms with Gasteiger partial charge in [0.15, 0.2) is 28.6 Å². The summed E-state index contributed by atoms with van der Waals surface area (Å²) in [7, 11) is -10.7. The molecule has 114 heavy (non-hydrogen) atoms. The Kier molecular flexibility index (Phi) is 28.2. The summed E-state index contributed by atoms with van der Waals surface area (Å²) in [6.45, 7) is -5.08. The number of carbonyl (C=O) groups is 1. The Labute approximate surface area is 685 Å². The van der Waals surface area contributed by atoms with E-state index in [1.165, 1.54) is 53.3 Å². The molecular weight excluding hydrogens is 1910 g/mol. The van der Waals surface area contributed by atoms with Crippen LogP contribution in [-0.2, 0) is 44.0 Å². The summed E-state index contributed by atoms with van der Waals surface area (Å²) in [5.74, 6) is -7.61. The molecule has 0 aliphatic heterocycles. The number of ether oxygens (including phenoxy) is 1. The number of sulfone groups is 1. The number of nitrogens with one attached hydrogen (secondary N) is 7. The zero-order valence-electron chi connectivity index (χ0n) is 65.3. The Bertz CT molecular complexity index is 6100. The second-order valence-electron chi connectivity index (χ2n) is 22.0. The Morgan fingerprint density at radius 1 is 0.570 bits per heavy atom. The molecular formula is C55H58Br4ClF4N25O21S4. The zero-order chi connectivity index (χ0) is 91.2. The molecule has 11 aromatic rings. The minimum absolute atomic E-state index is 0.0741. The van der Waals surface area contributed by atoms with Gasteiger partial charge >= 0.3 is 32.6 Å². The third kappa shape index (κ3) is 27.8. The molecule has 7 heterocycles. The standard InChI is InChI=1S/C14H13BrFN5O5S.C13H12BrFN6O5S.C12H10BrFN6O3.C11H13BrFN7O4S.C5H10ClNO4S/c1-27(23,24)6-2-5-17-12-11(18-26-19-12)13-20-25-14(22)21(13)8-3-4-10(16)9(15)7-8;14-8-6-7(2-3-9(8)15)21-12(20-25-13(21)22)10-11(19-26-18-10)17-4-1-5-27(16,23)24;13-7-5-6(1-2-8(7)14)20-11(19-22-12(20)21)9-10(16-4-3-15)18-23-17-9;12-7-5-6(1-2-8(7)13)17-11(18-21)9-10(20-24-19-9)15-3-4-16-25(14,22)23;1-5(2,3)11-4(8)7-12(6,9)10/h3-4,7H,2,5-6H2,1H3,(H,17,19);2-3,6H,1,4-5H2,(H,17,19)(H2,16,23,24);1-2,5H,3-4,15H2,(H,16,18);1-2,5,16,21H,3-4H2,(H,15,20)(H,17,18)(H2,14,22,23);1-3H3,(H,7,8)/i5D2;2*4D2;3D2;. The number of sulfonamides is 1. The third-order valence-electron chi connectivity index (χ3n) is 12.4. The lowest BCUT2D eigenvalue weighted by Crippen LogP contribution is -2.34. The van der Waals surface area contributed by atoms with Gasteiger partial charge in [0.1, 0.15) is 38.7 Å². The van der Waals surface area contributed by atoms with Crippen LogP contribution in [0.3, 0.4) is 0 Å². The number of halogens is 9. The molecule has 0 aliphatic carbocycles. The smallest absolute Gasteiger partial charge is 0.443 e. The lowest BCUT2D eigenvalue weighted by atomic mass is 10.2. The van der Waals surface area contributed by atoms with Crippen molar-refractivity contribution < 1.29 is 109 Å². The van der Waals surface area contributed by atoms with Crippen LogP contribution in [0.15, 0.2) is 142 Å². The highest BCUT2D eigenvalue weighted by molar-refractivity contribution is 9.11. The Morgan fingerprint density at radius 2 is 0.947 bits per heavy atom. The zero-order valence-corrected chi connectivity index (χ0v) is 67.6. The van der Waals surface area contributed by atoms with Crippen molar-refractivity contribution in [2.24, 2.45) is 21.0 Å². The van der Waals surface area contributed by atoms with Gasteiger partial charge < -0.3 is 31.7 Å². The molecule has 7 aromatic heterocycles. The molecule has 14 N–H and O–H groups in total. The van der Waals surface area contributed by atoms with Gasteiger partial charge in [0.25, 0.3) is 10.2 Å². The molecule has 0 spiro atoms. The topological polar surface area (TPSA) is 657 Å². The average Bonchev–Trinajstić information content (AvgIpc) is 1.64. The number of nitrogens with two attached hydrogens (primary N) is 3. The third-order valence-corrected chi connectivity index (χ3v) is 17.7. The first-order valence-electron chi connectivity index (χ1n) is 34.0. The molecule has 1 amide bonds. The van der Waals surface area contributed by atoms with Gasteiger partial charge in [0.05, 0.1) is 57.6 Å². The summed E-state index contributed by atoms with van der Waals surface area (Å²) in [5, 5.41) is 67.5. The number of hydroxylamine groups is 1. The highest BCUT2D eigenvalue weighted by Gasteiger charge is 2.28. The minimum atomic E-state index is -4.12. The molecule has 0 aliphatic rings.